The molecule has 2 rings (SSSR count). The summed E-state index contributed by atoms with van der Waals surface area (Å²) >= 11 is 0. The van der Waals surface area contributed by atoms with Gasteiger partial charge < -0.3 is 10.3 Å². The van der Waals surface area contributed by atoms with Crippen LogP contribution >= 0.6 is 0 Å². The van der Waals surface area contributed by atoms with Crippen LogP contribution in [0.2, 0.25) is 0 Å². The molecule has 122 valence electrons. The third-order valence-corrected chi connectivity index (χ3v) is 3.51. The van der Waals surface area contributed by atoms with Crippen molar-refractivity contribution in [3.63, 3.8) is 0 Å². The number of hydrogen-bond donors (Lipinski definition) is 2. The van der Waals surface area contributed by atoms with Gasteiger partial charge in [0.2, 0.25) is 5.91 Å². The first kappa shape index (κ1) is 16.9. The lowest BCUT2D eigenvalue weighted by atomic mass is 10.1. The number of carbonyl (C=O) groups excluding carboxylic acids is 1. The maximum atomic E-state index is 12.2. The van der Waals surface area contributed by atoms with Crippen LogP contribution in [-0.2, 0) is 11.2 Å². The molecule has 0 radical (unpaired) electrons. The number of aryl methyl sites for hydroxylation is 1. The monoisotopic (exact) mass is 314 g/mol. The molecule has 0 saturated carbocycles. The average Bonchev–Trinajstić information content (AvgIpc) is 2.51. The van der Waals surface area contributed by atoms with Crippen molar-refractivity contribution >= 4 is 5.91 Å². The summed E-state index contributed by atoms with van der Waals surface area (Å²) in [5.41, 5.74) is 1.25. The van der Waals surface area contributed by atoms with E-state index in [1.54, 1.807) is 25.3 Å². The molecular weight excluding hydrogens is 292 g/mol. The van der Waals surface area contributed by atoms with Crippen molar-refractivity contribution in [1.82, 2.24) is 20.3 Å². The molecule has 0 spiro atoms. The Hall–Kier alpha value is -2.50. The van der Waals surface area contributed by atoms with Crippen LogP contribution in [0.4, 0.5) is 0 Å². The number of nitrogens with one attached hydrogen (secondary N) is 2. The molecule has 2 N–H and O–H groups in total. The number of nitrogens with zero attached hydrogens (tertiary/aromatic N) is 2. The quantitative estimate of drug-likeness (QED) is 0.851. The Morgan fingerprint density at radius 2 is 2.13 bits per heavy atom. The molecule has 0 aliphatic rings. The minimum atomic E-state index is -0.294. The van der Waals surface area contributed by atoms with E-state index in [9.17, 15) is 9.59 Å². The van der Waals surface area contributed by atoms with Gasteiger partial charge in [0.05, 0.1) is 6.42 Å². The SMILES string of the molecule is Cc1nc(-c2ccccn2)[nH]c(=O)c1CC(=O)NCCC(C)C. The van der Waals surface area contributed by atoms with Gasteiger partial charge in [-0.05, 0) is 31.4 Å². The molecule has 1 amide bonds. The van der Waals surface area contributed by atoms with Crippen LogP contribution in [-0.4, -0.2) is 27.4 Å². The molecule has 0 fully saturated rings. The van der Waals surface area contributed by atoms with Crippen molar-refractivity contribution < 1.29 is 4.79 Å². The second-order valence-electron chi connectivity index (χ2n) is 5.90. The van der Waals surface area contributed by atoms with Crippen LogP contribution < -0.4 is 10.9 Å². The topological polar surface area (TPSA) is 87.7 Å². The summed E-state index contributed by atoms with van der Waals surface area (Å²) in [5.74, 6) is 0.781. The molecule has 6 heteroatoms. The smallest absolute Gasteiger partial charge is 0.255 e. The van der Waals surface area contributed by atoms with Crippen LogP contribution in [0.3, 0.4) is 0 Å². The van der Waals surface area contributed by atoms with Gasteiger partial charge in [0.1, 0.15) is 5.69 Å². The van der Waals surface area contributed by atoms with Crippen LogP contribution in [0.25, 0.3) is 11.5 Å². The van der Waals surface area contributed by atoms with E-state index in [0.717, 1.165) is 6.42 Å². The third kappa shape index (κ3) is 4.74. The zero-order chi connectivity index (χ0) is 16.8. The zero-order valence-electron chi connectivity index (χ0n) is 13.7. The number of pyridine rings is 1. The Kier molecular flexibility index (Phi) is 5.62. The molecule has 2 aromatic rings. The Morgan fingerprint density at radius 1 is 1.35 bits per heavy atom. The molecule has 23 heavy (non-hydrogen) atoms. The van der Waals surface area contributed by atoms with Gasteiger partial charge in [-0.15, -0.1) is 0 Å². The van der Waals surface area contributed by atoms with Gasteiger partial charge in [-0.2, -0.15) is 0 Å². The number of H-pyrrole nitrogens is 1. The first-order valence-corrected chi connectivity index (χ1v) is 7.75. The highest BCUT2D eigenvalue weighted by molar-refractivity contribution is 5.78. The Bertz CT molecular complexity index is 723. The largest absolute Gasteiger partial charge is 0.356 e. The van der Waals surface area contributed by atoms with Crippen molar-refractivity contribution in [2.45, 2.75) is 33.6 Å². The zero-order valence-corrected chi connectivity index (χ0v) is 13.7. The first-order chi connectivity index (χ1) is 11.0. The van der Waals surface area contributed by atoms with Crippen LogP contribution in [0.15, 0.2) is 29.2 Å². The van der Waals surface area contributed by atoms with E-state index in [-0.39, 0.29) is 17.9 Å². The summed E-state index contributed by atoms with van der Waals surface area (Å²) in [6.45, 7) is 6.55. The lowest BCUT2D eigenvalue weighted by Gasteiger charge is -2.09. The van der Waals surface area contributed by atoms with Gasteiger partial charge in [0, 0.05) is 24.0 Å². The fraction of sp³-hybridized carbons (Fsp3) is 0.412. The van der Waals surface area contributed by atoms with E-state index in [1.165, 1.54) is 0 Å². The van der Waals surface area contributed by atoms with E-state index in [2.05, 4.69) is 34.1 Å². The van der Waals surface area contributed by atoms with E-state index in [4.69, 9.17) is 0 Å². The van der Waals surface area contributed by atoms with Gasteiger partial charge in [-0.25, -0.2) is 4.98 Å². The molecule has 0 saturated heterocycles. The highest BCUT2D eigenvalue weighted by Crippen LogP contribution is 2.11. The molecule has 2 heterocycles. The van der Waals surface area contributed by atoms with Crippen LogP contribution in [0, 0.1) is 12.8 Å². The van der Waals surface area contributed by atoms with E-state index in [1.807, 2.05) is 6.07 Å². The Labute approximate surface area is 135 Å². The first-order valence-electron chi connectivity index (χ1n) is 7.75. The molecule has 0 aliphatic heterocycles. The highest BCUT2D eigenvalue weighted by atomic mass is 16.2. The summed E-state index contributed by atoms with van der Waals surface area (Å²) < 4.78 is 0. The number of rotatable bonds is 6. The van der Waals surface area contributed by atoms with Gasteiger partial charge in [0.15, 0.2) is 5.82 Å². The van der Waals surface area contributed by atoms with E-state index < -0.39 is 0 Å². The van der Waals surface area contributed by atoms with Crippen molar-refractivity contribution in [1.29, 1.82) is 0 Å². The Balaban J connectivity index is 2.12. The third-order valence-electron chi connectivity index (χ3n) is 3.51. The minimum absolute atomic E-state index is 0.0365. The molecule has 0 atom stereocenters. The summed E-state index contributed by atoms with van der Waals surface area (Å²) in [6.07, 6.45) is 2.59. The van der Waals surface area contributed by atoms with Crippen molar-refractivity contribution in [2.75, 3.05) is 6.54 Å². The van der Waals surface area contributed by atoms with Gasteiger partial charge in [-0.1, -0.05) is 19.9 Å². The van der Waals surface area contributed by atoms with Gasteiger partial charge in [-0.3, -0.25) is 14.6 Å². The molecule has 2 aromatic heterocycles. The number of amides is 1. The molecule has 0 aromatic carbocycles. The summed E-state index contributed by atoms with van der Waals surface area (Å²) in [5, 5.41) is 2.83. The maximum absolute atomic E-state index is 12.2. The van der Waals surface area contributed by atoms with Crippen LogP contribution in [0.1, 0.15) is 31.5 Å². The normalized spacial score (nSPS) is 10.8. The Morgan fingerprint density at radius 3 is 2.74 bits per heavy atom. The van der Waals surface area contributed by atoms with Gasteiger partial charge >= 0.3 is 0 Å². The van der Waals surface area contributed by atoms with Crippen LogP contribution in [0.5, 0.6) is 0 Å². The van der Waals surface area contributed by atoms with Crippen molar-refractivity contribution in [2.24, 2.45) is 5.92 Å². The summed E-state index contributed by atoms with van der Waals surface area (Å²) in [7, 11) is 0. The molecule has 6 nitrogen and oxygen atoms in total. The second-order valence-corrected chi connectivity index (χ2v) is 5.90. The average molecular weight is 314 g/mol. The molecule has 0 bridgehead atoms. The van der Waals surface area contributed by atoms with E-state index in [0.29, 0.717) is 35.2 Å². The fourth-order valence-electron chi connectivity index (χ4n) is 2.17. The number of carbonyl (C=O) groups is 1. The standard InChI is InChI=1S/C17H22N4O2/c1-11(2)7-9-19-15(22)10-13-12(3)20-16(21-17(13)23)14-6-4-5-8-18-14/h4-6,8,11H,7,9-10H2,1-3H3,(H,19,22)(H,20,21,23). The molecule has 0 aliphatic carbocycles. The number of hydrogen-bond acceptors (Lipinski definition) is 4. The van der Waals surface area contributed by atoms with Crippen molar-refractivity contribution in [3.8, 4) is 11.5 Å². The minimum Gasteiger partial charge on any atom is -0.356 e. The summed E-state index contributed by atoms with van der Waals surface area (Å²) in [6, 6.07) is 5.40. The number of aromatic nitrogens is 3. The molecular formula is C17H22N4O2. The highest BCUT2D eigenvalue weighted by Gasteiger charge is 2.13. The fourth-order valence-corrected chi connectivity index (χ4v) is 2.17. The van der Waals surface area contributed by atoms with Crippen molar-refractivity contribution in [3.05, 3.63) is 46.0 Å². The maximum Gasteiger partial charge on any atom is 0.255 e. The van der Waals surface area contributed by atoms with E-state index >= 15 is 0 Å². The second kappa shape index (κ2) is 7.67. The lowest BCUT2D eigenvalue weighted by Crippen LogP contribution is -2.30. The van der Waals surface area contributed by atoms with Gasteiger partial charge in [0.25, 0.3) is 5.56 Å². The predicted molar refractivity (Wildman–Crippen MR) is 89.0 cm³/mol. The molecule has 0 unspecified atom stereocenters. The number of aromatic amines is 1. The summed E-state index contributed by atoms with van der Waals surface area (Å²) in [4.78, 5) is 35.4. The predicted octanol–water partition coefficient (Wildman–Crippen LogP) is 1.85. The lowest BCUT2D eigenvalue weighted by molar-refractivity contribution is -0.120.